The molecule has 0 spiro atoms. The van der Waals surface area contributed by atoms with Crippen LogP contribution >= 0.6 is 11.6 Å². The first kappa shape index (κ1) is 15.4. The second kappa shape index (κ2) is 6.42. The van der Waals surface area contributed by atoms with Crippen LogP contribution in [0, 0.1) is 0 Å². The Morgan fingerprint density at radius 2 is 1.72 bits per heavy atom. The standard InChI is InChI=1S/C20H13ClN2O2/c21-15-10-8-14(9-11-15)19-12-18(23-25-19)20(24)22-17-7-3-5-13-4-1-2-6-16(13)17/h1-12H,(H,22,24). The smallest absolute Gasteiger partial charge is 0.277 e. The van der Waals surface area contributed by atoms with Gasteiger partial charge in [-0.1, -0.05) is 53.2 Å². The van der Waals surface area contributed by atoms with Crippen molar-refractivity contribution >= 4 is 34.0 Å². The van der Waals surface area contributed by atoms with E-state index in [1.807, 2.05) is 54.6 Å². The van der Waals surface area contributed by atoms with Crippen LogP contribution < -0.4 is 5.32 Å². The van der Waals surface area contributed by atoms with Gasteiger partial charge in [-0.05, 0) is 35.7 Å². The third kappa shape index (κ3) is 3.12. The largest absolute Gasteiger partial charge is 0.355 e. The second-order valence-corrected chi connectivity index (χ2v) is 6.00. The van der Waals surface area contributed by atoms with Crippen molar-refractivity contribution in [2.75, 3.05) is 5.32 Å². The lowest BCUT2D eigenvalue weighted by molar-refractivity contribution is 0.101. The summed E-state index contributed by atoms with van der Waals surface area (Å²) < 4.78 is 5.28. The van der Waals surface area contributed by atoms with E-state index < -0.39 is 0 Å². The normalized spacial score (nSPS) is 10.8. The predicted octanol–water partition coefficient (Wildman–Crippen LogP) is 5.40. The van der Waals surface area contributed by atoms with Crippen LogP contribution in [0.25, 0.3) is 22.1 Å². The number of hydrogen-bond acceptors (Lipinski definition) is 3. The lowest BCUT2D eigenvalue weighted by Gasteiger charge is -2.06. The number of nitrogens with one attached hydrogen (secondary N) is 1. The maximum atomic E-state index is 12.5. The zero-order valence-electron chi connectivity index (χ0n) is 13.1. The molecule has 0 atom stereocenters. The summed E-state index contributed by atoms with van der Waals surface area (Å²) >= 11 is 5.88. The van der Waals surface area contributed by atoms with Crippen molar-refractivity contribution in [3.63, 3.8) is 0 Å². The Labute approximate surface area is 149 Å². The molecule has 0 saturated carbocycles. The number of rotatable bonds is 3. The molecular formula is C20H13ClN2O2. The highest BCUT2D eigenvalue weighted by atomic mass is 35.5. The van der Waals surface area contributed by atoms with Gasteiger partial charge in [-0.2, -0.15) is 0 Å². The van der Waals surface area contributed by atoms with E-state index in [4.69, 9.17) is 16.1 Å². The van der Waals surface area contributed by atoms with Crippen molar-refractivity contribution in [1.29, 1.82) is 0 Å². The Balaban J connectivity index is 1.60. The SMILES string of the molecule is O=C(Nc1cccc2ccccc12)c1cc(-c2ccc(Cl)cc2)on1. The van der Waals surface area contributed by atoms with Crippen molar-refractivity contribution in [1.82, 2.24) is 5.16 Å². The molecule has 0 aliphatic rings. The molecule has 0 aliphatic carbocycles. The summed E-state index contributed by atoms with van der Waals surface area (Å²) in [6.07, 6.45) is 0. The highest BCUT2D eigenvalue weighted by Gasteiger charge is 2.15. The zero-order chi connectivity index (χ0) is 17.2. The molecule has 1 aromatic heterocycles. The minimum atomic E-state index is -0.319. The third-order valence-electron chi connectivity index (χ3n) is 3.91. The van der Waals surface area contributed by atoms with Gasteiger partial charge in [0.15, 0.2) is 11.5 Å². The number of carbonyl (C=O) groups excluding carboxylic acids is 1. The molecule has 122 valence electrons. The van der Waals surface area contributed by atoms with Crippen molar-refractivity contribution in [2.24, 2.45) is 0 Å². The summed E-state index contributed by atoms with van der Waals surface area (Å²) in [5.41, 5.74) is 1.76. The van der Waals surface area contributed by atoms with Gasteiger partial charge in [-0.15, -0.1) is 0 Å². The molecule has 0 aliphatic heterocycles. The summed E-state index contributed by atoms with van der Waals surface area (Å²) in [7, 11) is 0. The van der Waals surface area contributed by atoms with Crippen LogP contribution in [-0.4, -0.2) is 11.1 Å². The highest BCUT2D eigenvalue weighted by Crippen LogP contribution is 2.25. The number of aromatic nitrogens is 1. The van der Waals surface area contributed by atoms with E-state index in [1.165, 1.54) is 0 Å². The van der Waals surface area contributed by atoms with Crippen LogP contribution in [-0.2, 0) is 0 Å². The Hall–Kier alpha value is -3.11. The summed E-state index contributed by atoms with van der Waals surface area (Å²) in [5, 5.41) is 9.43. The van der Waals surface area contributed by atoms with Gasteiger partial charge in [0.2, 0.25) is 0 Å². The van der Waals surface area contributed by atoms with Crippen LogP contribution in [0.1, 0.15) is 10.5 Å². The summed E-state index contributed by atoms with van der Waals surface area (Å²) in [4.78, 5) is 12.5. The molecular weight excluding hydrogens is 336 g/mol. The molecule has 0 radical (unpaired) electrons. The van der Waals surface area contributed by atoms with E-state index in [1.54, 1.807) is 18.2 Å². The molecule has 4 aromatic rings. The fraction of sp³-hybridized carbons (Fsp3) is 0. The quantitative estimate of drug-likeness (QED) is 0.539. The van der Waals surface area contributed by atoms with Crippen LogP contribution in [0.5, 0.6) is 0 Å². The highest BCUT2D eigenvalue weighted by molar-refractivity contribution is 6.30. The summed E-state index contributed by atoms with van der Waals surface area (Å²) in [5.74, 6) is 0.194. The minimum absolute atomic E-state index is 0.220. The molecule has 0 saturated heterocycles. The lowest BCUT2D eigenvalue weighted by atomic mass is 10.1. The lowest BCUT2D eigenvalue weighted by Crippen LogP contribution is -2.12. The van der Waals surface area contributed by atoms with Gasteiger partial charge >= 0.3 is 0 Å². The molecule has 3 aromatic carbocycles. The maximum absolute atomic E-state index is 12.5. The Kier molecular flexibility index (Phi) is 3.96. The first-order valence-electron chi connectivity index (χ1n) is 7.72. The Morgan fingerprint density at radius 1 is 0.960 bits per heavy atom. The average molecular weight is 349 g/mol. The van der Waals surface area contributed by atoms with Gasteiger partial charge in [0, 0.05) is 27.7 Å². The minimum Gasteiger partial charge on any atom is -0.355 e. The van der Waals surface area contributed by atoms with E-state index in [0.717, 1.165) is 22.0 Å². The van der Waals surface area contributed by atoms with Gasteiger partial charge in [-0.3, -0.25) is 4.79 Å². The van der Waals surface area contributed by atoms with Gasteiger partial charge in [-0.25, -0.2) is 0 Å². The van der Waals surface area contributed by atoms with E-state index in [-0.39, 0.29) is 11.6 Å². The van der Waals surface area contributed by atoms with Crippen LogP contribution in [0.3, 0.4) is 0 Å². The van der Waals surface area contributed by atoms with Crippen LogP contribution in [0.15, 0.2) is 77.3 Å². The number of amides is 1. The first-order chi connectivity index (χ1) is 12.2. The van der Waals surface area contributed by atoms with E-state index in [9.17, 15) is 4.79 Å². The second-order valence-electron chi connectivity index (χ2n) is 5.56. The van der Waals surface area contributed by atoms with E-state index in [0.29, 0.717) is 10.8 Å². The fourth-order valence-electron chi connectivity index (χ4n) is 2.65. The monoisotopic (exact) mass is 348 g/mol. The number of fused-ring (bicyclic) bond motifs is 1. The number of benzene rings is 3. The summed E-state index contributed by atoms with van der Waals surface area (Å²) in [6, 6.07) is 22.4. The fourth-order valence-corrected chi connectivity index (χ4v) is 2.78. The Morgan fingerprint density at radius 3 is 2.56 bits per heavy atom. The van der Waals surface area contributed by atoms with Crippen LogP contribution in [0.2, 0.25) is 5.02 Å². The molecule has 1 heterocycles. The molecule has 0 unspecified atom stereocenters. The molecule has 0 bridgehead atoms. The zero-order valence-corrected chi connectivity index (χ0v) is 13.8. The maximum Gasteiger partial charge on any atom is 0.277 e. The number of hydrogen-bond donors (Lipinski definition) is 1. The molecule has 1 amide bonds. The summed E-state index contributed by atoms with van der Waals surface area (Å²) in [6.45, 7) is 0. The molecule has 4 rings (SSSR count). The van der Waals surface area contributed by atoms with Crippen molar-refractivity contribution in [3.05, 3.63) is 83.5 Å². The number of anilines is 1. The van der Waals surface area contributed by atoms with E-state index >= 15 is 0 Å². The number of carbonyl (C=O) groups is 1. The van der Waals surface area contributed by atoms with Crippen molar-refractivity contribution in [2.45, 2.75) is 0 Å². The van der Waals surface area contributed by atoms with E-state index in [2.05, 4.69) is 10.5 Å². The van der Waals surface area contributed by atoms with Gasteiger partial charge in [0.25, 0.3) is 5.91 Å². The van der Waals surface area contributed by atoms with Crippen LogP contribution in [0.4, 0.5) is 5.69 Å². The molecule has 1 N–H and O–H groups in total. The number of nitrogens with zero attached hydrogens (tertiary/aromatic N) is 1. The molecule has 0 fully saturated rings. The first-order valence-corrected chi connectivity index (χ1v) is 8.10. The molecule has 4 nitrogen and oxygen atoms in total. The van der Waals surface area contributed by atoms with Gasteiger partial charge in [0.1, 0.15) is 0 Å². The predicted molar refractivity (Wildman–Crippen MR) is 98.9 cm³/mol. The van der Waals surface area contributed by atoms with Gasteiger partial charge in [0.05, 0.1) is 0 Å². The molecule has 25 heavy (non-hydrogen) atoms. The average Bonchev–Trinajstić information content (AvgIpc) is 3.13. The number of halogens is 1. The Bertz CT molecular complexity index is 1050. The van der Waals surface area contributed by atoms with Crippen molar-refractivity contribution < 1.29 is 9.32 Å². The topological polar surface area (TPSA) is 55.1 Å². The van der Waals surface area contributed by atoms with Crippen molar-refractivity contribution in [3.8, 4) is 11.3 Å². The molecule has 5 heteroatoms. The third-order valence-corrected chi connectivity index (χ3v) is 4.16. The van der Waals surface area contributed by atoms with Gasteiger partial charge < -0.3 is 9.84 Å².